The highest BCUT2D eigenvalue weighted by molar-refractivity contribution is 5.75. The van der Waals surface area contributed by atoms with Crippen LogP contribution in [0.5, 0.6) is 11.6 Å². The average Bonchev–Trinajstić information content (AvgIpc) is 3.11. The van der Waals surface area contributed by atoms with Gasteiger partial charge in [-0.3, -0.25) is 0 Å². The molecule has 2 bridgehead atoms. The van der Waals surface area contributed by atoms with Gasteiger partial charge in [0.1, 0.15) is 18.5 Å². The van der Waals surface area contributed by atoms with Crippen molar-refractivity contribution in [1.82, 2.24) is 24.9 Å². The van der Waals surface area contributed by atoms with Crippen molar-refractivity contribution in [2.75, 3.05) is 11.5 Å². The van der Waals surface area contributed by atoms with Crippen LogP contribution in [0.3, 0.4) is 0 Å². The van der Waals surface area contributed by atoms with Crippen LogP contribution >= 0.6 is 0 Å². The molecule has 0 unspecified atom stereocenters. The molecule has 5 heterocycles. The second kappa shape index (κ2) is 6.32. The molecule has 0 saturated heterocycles. The normalized spacial score (nSPS) is 24.9. The molecule has 1 aliphatic carbocycles. The van der Waals surface area contributed by atoms with Crippen LogP contribution < -0.4 is 19.7 Å². The van der Waals surface area contributed by atoms with E-state index in [1.54, 1.807) is 10.7 Å². The number of pyridine rings is 1. The van der Waals surface area contributed by atoms with Crippen molar-refractivity contribution < 1.29 is 13.9 Å². The third-order valence-electron chi connectivity index (χ3n) is 6.02. The Morgan fingerprint density at radius 3 is 3.03 bits per heavy atom. The summed E-state index contributed by atoms with van der Waals surface area (Å²) in [6.07, 6.45) is 6.86. The molecule has 1 N–H and O–H groups in total. The Morgan fingerprint density at radius 1 is 1.30 bits per heavy atom. The summed E-state index contributed by atoms with van der Waals surface area (Å²) in [6.45, 7) is 6.96. The van der Waals surface area contributed by atoms with E-state index in [9.17, 15) is 4.39 Å². The number of nitrogens with one attached hydrogen (secondary N) is 1. The van der Waals surface area contributed by atoms with Gasteiger partial charge in [0.05, 0.1) is 42.8 Å². The highest BCUT2D eigenvalue weighted by atomic mass is 19.1. The predicted octanol–water partition coefficient (Wildman–Crippen LogP) is 2.53. The number of rotatable bonds is 0. The van der Waals surface area contributed by atoms with Crippen LogP contribution in [0.1, 0.15) is 30.9 Å². The summed E-state index contributed by atoms with van der Waals surface area (Å²) >= 11 is 0. The Hall–Kier alpha value is -3.36. The van der Waals surface area contributed by atoms with Gasteiger partial charge in [-0.1, -0.05) is 6.58 Å². The van der Waals surface area contributed by atoms with Gasteiger partial charge >= 0.3 is 0 Å². The van der Waals surface area contributed by atoms with E-state index in [1.165, 1.54) is 12.3 Å². The van der Waals surface area contributed by atoms with E-state index in [0.717, 1.165) is 24.2 Å². The lowest BCUT2D eigenvalue weighted by Gasteiger charge is -2.48. The minimum absolute atomic E-state index is 0.0437. The second-order valence-corrected chi connectivity index (χ2v) is 8.14. The quantitative estimate of drug-likeness (QED) is 0.613. The molecule has 1 fully saturated rings. The molecule has 0 spiro atoms. The number of fused-ring (bicyclic) bond motifs is 3. The minimum atomic E-state index is -0.388. The maximum atomic E-state index is 14.1. The van der Waals surface area contributed by atoms with Crippen molar-refractivity contribution in [3.8, 4) is 11.6 Å². The van der Waals surface area contributed by atoms with Crippen molar-refractivity contribution in [1.29, 1.82) is 0 Å². The lowest BCUT2D eigenvalue weighted by molar-refractivity contribution is 0.0715. The van der Waals surface area contributed by atoms with Crippen LogP contribution in [-0.2, 0) is 6.54 Å². The van der Waals surface area contributed by atoms with Gasteiger partial charge in [-0.25, -0.2) is 18.9 Å². The molecule has 3 atom stereocenters. The Morgan fingerprint density at radius 2 is 2.20 bits per heavy atom. The summed E-state index contributed by atoms with van der Waals surface area (Å²) in [6, 6.07) is 1.63. The van der Waals surface area contributed by atoms with Crippen LogP contribution in [0.25, 0.3) is 11.3 Å². The highest BCUT2D eigenvalue weighted by Crippen LogP contribution is 2.43. The van der Waals surface area contributed by atoms with Gasteiger partial charge in [-0.05, 0) is 25.8 Å². The summed E-state index contributed by atoms with van der Waals surface area (Å²) in [4.78, 5) is 11.3. The monoisotopic (exact) mass is 408 g/mol. The summed E-state index contributed by atoms with van der Waals surface area (Å²) < 4.78 is 27.9. The summed E-state index contributed by atoms with van der Waals surface area (Å²) in [5.41, 5.74) is 2.92. The molecule has 3 aliphatic rings. The Bertz CT molecular complexity index is 1180. The van der Waals surface area contributed by atoms with Crippen LogP contribution in [0.4, 0.5) is 10.2 Å². The van der Waals surface area contributed by atoms with Gasteiger partial charge in [0, 0.05) is 11.3 Å². The summed E-state index contributed by atoms with van der Waals surface area (Å²) in [7, 11) is 0. The fourth-order valence-corrected chi connectivity index (χ4v) is 4.36. The molecule has 0 radical (unpaired) electrons. The average molecular weight is 408 g/mol. The first-order valence-corrected chi connectivity index (χ1v) is 10.1. The maximum Gasteiger partial charge on any atom is 0.218 e. The molecule has 3 aromatic rings. The van der Waals surface area contributed by atoms with E-state index in [-0.39, 0.29) is 24.0 Å². The topological polar surface area (TPSA) is 76.8 Å². The van der Waals surface area contributed by atoms with Gasteiger partial charge in [-0.15, -0.1) is 0 Å². The minimum Gasteiger partial charge on any atom is -0.483 e. The van der Waals surface area contributed by atoms with Crippen molar-refractivity contribution in [2.24, 2.45) is 0 Å². The van der Waals surface area contributed by atoms with Crippen molar-refractivity contribution in [2.45, 2.75) is 44.5 Å². The number of hydrogen-bond acceptors (Lipinski definition) is 7. The third kappa shape index (κ3) is 2.61. The van der Waals surface area contributed by atoms with Crippen molar-refractivity contribution >= 4 is 17.2 Å². The molecule has 2 aliphatic heterocycles. The zero-order valence-corrected chi connectivity index (χ0v) is 16.5. The number of hydrogen-bond donors (Lipinski definition) is 1. The predicted molar refractivity (Wildman–Crippen MR) is 108 cm³/mol. The van der Waals surface area contributed by atoms with E-state index in [2.05, 4.69) is 26.9 Å². The van der Waals surface area contributed by atoms with E-state index in [4.69, 9.17) is 14.5 Å². The summed E-state index contributed by atoms with van der Waals surface area (Å²) in [5, 5.41) is 7.78. The SMILES string of the molecule is C=C1N[C@H](C)COc2ncc(F)cc2CN2c3nc4c1cnn4cc3O[C@@H]1CC[C@@H]12. The van der Waals surface area contributed by atoms with E-state index in [0.29, 0.717) is 41.7 Å². The molecular weight excluding hydrogens is 387 g/mol. The zero-order chi connectivity index (χ0) is 20.4. The number of aromatic nitrogens is 4. The van der Waals surface area contributed by atoms with Crippen LogP contribution in [0.2, 0.25) is 0 Å². The summed E-state index contributed by atoms with van der Waals surface area (Å²) in [5.74, 6) is 1.44. The molecule has 154 valence electrons. The molecule has 3 aromatic heterocycles. The number of ether oxygens (including phenoxy) is 2. The van der Waals surface area contributed by atoms with Crippen LogP contribution in [0, 0.1) is 5.82 Å². The smallest absolute Gasteiger partial charge is 0.218 e. The van der Waals surface area contributed by atoms with Crippen LogP contribution in [-0.4, -0.2) is 44.4 Å². The highest BCUT2D eigenvalue weighted by Gasteiger charge is 2.44. The fraction of sp³-hybridized carbons (Fsp3) is 0.381. The Labute approximate surface area is 172 Å². The van der Waals surface area contributed by atoms with Crippen molar-refractivity contribution in [3.05, 3.63) is 48.2 Å². The van der Waals surface area contributed by atoms with Gasteiger partial charge in [0.2, 0.25) is 5.88 Å². The van der Waals surface area contributed by atoms with Crippen molar-refractivity contribution in [3.63, 3.8) is 0 Å². The molecule has 0 aromatic carbocycles. The zero-order valence-electron chi connectivity index (χ0n) is 16.5. The lowest BCUT2D eigenvalue weighted by atomic mass is 9.86. The first kappa shape index (κ1) is 17.5. The number of nitrogens with zero attached hydrogens (tertiary/aromatic N) is 5. The Kier molecular flexibility index (Phi) is 3.68. The van der Waals surface area contributed by atoms with Crippen LogP contribution in [0.15, 0.2) is 31.2 Å². The molecule has 0 amide bonds. The number of halogens is 1. The second-order valence-electron chi connectivity index (χ2n) is 8.14. The molecular formula is C21H21FN6O2. The van der Waals surface area contributed by atoms with E-state index in [1.807, 2.05) is 13.1 Å². The van der Waals surface area contributed by atoms with Gasteiger partial charge in [0.15, 0.2) is 17.2 Å². The van der Waals surface area contributed by atoms with E-state index >= 15 is 0 Å². The molecule has 6 rings (SSSR count). The van der Waals surface area contributed by atoms with Gasteiger partial charge in [0.25, 0.3) is 0 Å². The molecule has 9 heteroatoms. The van der Waals surface area contributed by atoms with Gasteiger partial charge in [-0.2, -0.15) is 5.10 Å². The lowest BCUT2D eigenvalue weighted by Crippen LogP contribution is -2.56. The third-order valence-corrected chi connectivity index (χ3v) is 6.02. The first-order valence-electron chi connectivity index (χ1n) is 10.1. The number of anilines is 1. The fourth-order valence-electron chi connectivity index (χ4n) is 4.36. The molecule has 30 heavy (non-hydrogen) atoms. The molecule has 8 nitrogen and oxygen atoms in total. The van der Waals surface area contributed by atoms with Gasteiger partial charge < -0.3 is 19.7 Å². The standard InChI is InChI=1S/C21H21FN6O2/c1-11-10-29-21-13(5-14(22)6-23-21)8-27-16-3-4-17(16)30-18-9-28-19(26-20(18)27)15(7-24-28)12(2)25-11/h5-7,9,11,16-17,25H,2-4,8,10H2,1H3/t11-,16+,17-/m1/s1. The maximum absolute atomic E-state index is 14.1. The largest absolute Gasteiger partial charge is 0.483 e. The Balaban J connectivity index is 1.55. The van der Waals surface area contributed by atoms with E-state index < -0.39 is 0 Å². The first-order chi connectivity index (χ1) is 14.6. The molecule has 1 saturated carbocycles.